The Balaban J connectivity index is 1.48. The number of nitrogens with zero attached hydrogens (tertiary/aromatic N) is 4. The van der Waals surface area contributed by atoms with E-state index in [0.29, 0.717) is 43.0 Å². The molecule has 9 heteroatoms. The Morgan fingerprint density at radius 3 is 2.66 bits per heavy atom. The molecule has 0 saturated carbocycles. The van der Waals surface area contributed by atoms with Crippen LogP contribution in [0.3, 0.4) is 0 Å². The van der Waals surface area contributed by atoms with Gasteiger partial charge in [0.2, 0.25) is 0 Å². The average Bonchev–Trinajstić information content (AvgIpc) is 3.24. The van der Waals surface area contributed by atoms with E-state index in [1.165, 1.54) is 18.3 Å². The van der Waals surface area contributed by atoms with Gasteiger partial charge in [0.25, 0.3) is 5.91 Å². The minimum absolute atomic E-state index is 0.0227. The minimum atomic E-state index is -2.91. The first-order chi connectivity index (χ1) is 14.1. The molecule has 0 atom stereocenters. The number of pyridine rings is 1. The maximum absolute atomic E-state index is 13.0. The first kappa shape index (κ1) is 18.9. The maximum atomic E-state index is 13.0. The second-order valence-corrected chi connectivity index (χ2v) is 6.53. The number of amides is 1. The number of rotatable bonds is 5. The molecule has 1 aliphatic rings. The van der Waals surface area contributed by atoms with Gasteiger partial charge in [-0.25, -0.2) is 4.98 Å². The average molecular weight is 399 g/mol. The van der Waals surface area contributed by atoms with Crippen molar-refractivity contribution < 1.29 is 18.3 Å². The second kappa shape index (κ2) is 8.26. The largest absolute Gasteiger partial charge is 0.435 e. The predicted octanol–water partition coefficient (Wildman–Crippen LogP) is 3.04. The number of aromatic amines is 1. The van der Waals surface area contributed by atoms with Crippen LogP contribution in [0.25, 0.3) is 11.3 Å². The van der Waals surface area contributed by atoms with E-state index in [-0.39, 0.29) is 11.7 Å². The third kappa shape index (κ3) is 4.18. The molecule has 1 N–H and O–H groups in total. The van der Waals surface area contributed by atoms with E-state index < -0.39 is 6.61 Å². The summed E-state index contributed by atoms with van der Waals surface area (Å²) in [5, 5.41) is 6.78. The number of nitrogens with one attached hydrogen (secondary N) is 1. The Labute approximate surface area is 165 Å². The van der Waals surface area contributed by atoms with Crippen molar-refractivity contribution in [2.45, 2.75) is 6.61 Å². The van der Waals surface area contributed by atoms with E-state index in [9.17, 15) is 13.6 Å². The second-order valence-electron chi connectivity index (χ2n) is 6.53. The molecule has 7 nitrogen and oxygen atoms in total. The molecule has 4 rings (SSSR count). The fourth-order valence-electron chi connectivity index (χ4n) is 3.35. The van der Waals surface area contributed by atoms with Crippen LogP contribution < -0.4 is 9.64 Å². The van der Waals surface area contributed by atoms with Gasteiger partial charge in [0.15, 0.2) is 0 Å². The molecule has 1 aromatic carbocycles. The molecule has 3 heterocycles. The monoisotopic (exact) mass is 399 g/mol. The number of piperazine rings is 1. The van der Waals surface area contributed by atoms with Gasteiger partial charge >= 0.3 is 6.61 Å². The number of benzene rings is 1. The van der Waals surface area contributed by atoms with E-state index in [1.807, 2.05) is 18.2 Å². The highest BCUT2D eigenvalue weighted by molar-refractivity contribution is 6.00. The Hall–Kier alpha value is -3.49. The summed E-state index contributed by atoms with van der Waals surface area (Å²) >= 11 is 0. The number of anilines is 1. The van der Waals surface area contributed by atoms with Crippen LogP contribution in [-0.4, -0.2) is 58.8 Å². The summed E-state index contributed by atoms with van der Waals surface area (Å²) in [6, 6.07) is 11.9. The highest BCUT2D eigenvalue weighted by Gasteiger charge is 2.26. The van der Waals surface area contributed by atoms with Crippen molar-refractivity contribution >= 4 is 11.7 Å². The van der Waals surface area contributed by atoms with Crippen molar-refractivity contribution in [1.29, 1.82) is 0 Å². The Morgan fingerprint density at radius 1 is 1.10 bits per heavy atom. The summed E-state index contributed by atoms with van der Waals surface area (Å²) in [5.41, 5.74) is 1.42. The summed E-state index contributed by atoms with van der Waals surface area (Å²) in [5.74, 6) is 0.753. The Morgan fingerprint density at radius 2 is 1.93 bits per heavy atom. The van der Waals surface area contributed by atoms with Crippen molar-refractivity contribution in [1.82, 2.24) is 20.1 Å². The molecule has 0 aliphatic carbocycles. The van der Waals surface area contributed by atoms with E-state index in [1.54, 1.807) is 23.2 Å². The predicted molar refractivity (Wildman–Crippen MR) is 103 cm³/mol. The fourth-order valence-corrected chi connectivity index (χ4v) is 3.35. The summed E-state index contributed by atoms with van der Waals surface area (Å²) in [7, 11) is 0. The SMILES string of the molecule is O=C(c1cn[nH]c1-c1cccc(OC(F)F)c1)N1CCN(c2ccccn2)CC1. The van der Waals surface area contributed by atoms with E-state index in [0.717, 1.165) is 5.82 Å². The summed E-state index contributed by atoms with van der Waals surface area (Å²) < 4.78 is 29.4. The van der Waals surface area contributed by atoms with Crippen molar-refractivity contribution in [2.24, 2.45) is 0 Å². The molecule has 3 aromatic rings. The summed E-state index contributed by atoms with van der Waals surface area (Å²) in [4.78, 5) is 21.3. The van der Waals surface area contributed by atoms with Crippen LogP contribution in [0.4, 0.5) is 14.6 Å². The maximum Gasteiger partial charge on any atom is 0.387 e. The zero-order chi connectivity index (χ0) is 20.2. The lowest BCUT2D eigenvalue weighted by Gasteiger charge is -2.35. The Bertz CT molecular complexity index is 972. The first-order valence-corrected chi connectivity index (χ1v) is 9.15. The van der Waals surface area contributed by atoms with Crippen molar-refractivity contribution in [3.8, 4) is 17.0 Å². The van der Waals surface area contributed by atoms with E-state index in [4.69, 9.17) is 0 Å². The lowest BCUT2D eigenvalue weighted by atomic mass is 10.1. The van der Waals surface area contributed by atoms with Crippen LogP contribution >= 0.6 is 0 Å². The number of alkyl halides is 2. The zero-order valence-electron chi connectivity index (χ0n) is 15.5. The van der Waals surface area contributed by atoms with Gasteiger partial charge in [0.05, 0.1) is 17.5 Å². The quantitative estimate of drug-likeness (QED) is 0.714. The molecule has 1 saturated heterocycles. The number of carbonyl (C=O) groups is 1. The number of hydrogen-bond donors (Lipinski definition) is 1. The number of halogens is 2. The van der Waals surface area contributed by atoms with Crippen LogP contribution in [0.5, 0.6) is 5.75 Å². The van der Waals surface area contributed by atoms with Crippen molar-refractivity contribution in [3.63, 3.8) is 0 Å². The molecular formula is C20H19F2N5O2. The molecule has 2 aromatic heterocycles. The van der Waals surface area contributed by atoms with Crippen LogP contribution in [-0.2, 0) is 0 Å². The minimum Gasteiger partial charge on any atom is -0.435 e. The molecule has 29 heavy (non-hydrogen) atoms. The molecule has 0 spiro atoms. The topological polar surface area (TPSA) is 74.4 Å². The lowest BCUT2D eigenvalue weighted by molar-refractivity contribution is -0.0498. The third-order valence-corrected chi connectivity index (χ3v) is 4.76. The number of ether oxygens (including phenoxy) is 1. The van der Waals surface area contributed by atoms with Gasteiger partial charge in [0.1, 0.15) is 11.6 Å². The van der Waals surface area contributed by atoms with Gasteiger partial charge in [-0.05, 0) is 24.3 Å². The van der Waals surface area contributed by atoms with Crippen LogP contribution in [0, 0.1) is 0 Å². The van der Waals surface area contributed by atoms with Gasteiger partial charge in [-0.3, -0.25) is 9.89 Å². The van der Waals surface area contributed by atoms with Gasteiger partial charge in [-0.1, -0.05) is 18.2 Å². The van der Waals surface area contributed by atoms with Crippen LogP contribution in [0.15, 0.2) is 54.9 Å². The van der Waals surface area contributed by atoms with E-state index in [2.05, 4.69) is 24.8 Å². The van der Waals surface area contributed by atoms with Crippen LogP contribution in [0.2, 0.25) is 0 Å². The first-order valence-electron chi connectivity index (χ1n) is 9.15. The van der Waals surface area contributed by atoms with E-state index >= 15 is 0 Å². The number of aromatic nitrogens is 3. The van der Waals surface area contributed by atoms with Gasteiger partial charge in [-0.15, -0.1) is 0 Å². The third-order valence-electron chi connectivity index (χ3n) is 4.76. The summed E-state index contributed by atoms with van der Waals surface area (Å²) in [6.45, 7) is -0.465. The number of hydrogen-bond acceptors (Lipinski definition) is 5. The standard InChI is InChI=1S/C20H19F2N5O2/c21-20(22)29-15-5-3-4-14(12-15)18-16(13-24-25-18)19(28)27-10-8-26(9-11-27)17-6-1-2-7-23-17/h1-7,12-13,20H,8-11H2,(H,24,25). The Kier molecular flexibility index (Phi) is 5.37. The van der Waals surface area contributed by atoms with Gasteiger partial charge in [0, 0.05) is 37.9 Å². The molecule has 0 radical (unpaired) electrons. The van der Waals surface area contributed by atoms with Gasteiger partial charge in [-0.2, -0.15) is 13.9 Å². The molecule has 0 bridgehead atoms. The molecular weight excluding hydrogens is 380 g/mol. The van der Waals surface area contributed by atoms with Crippen molar-refractivity contribution in [2.75, 3.05) is 31.1 Å². The van der Waals surface area contributed by atoms with Crippen LogP contribution in [0.1, 0.15) is 10.4 Å². The fraction of sp³-hybridized carbons (Fsp3) is 0.250. The number of H-pyrrole nitrogens is 1. The van der Waals surface area contributed by atoms with Gasteiger partial charge < -0.3 is 14.5 Å². The molecule has 1 fully saturated rings. The number of carbonyl (C=O) groups excluding carboxylic acids is 1. The normalized spacial score (nSPS) is 14.3. The van der Waals surface area contributed by atoms with Crippen molar-refractivity contribution in [3.05, 3.63) is 60.4 Å². The zero-order valence-corrected chi connectivity index (χ0v) is 15.5. The molecule has 0 unspecified atom stereocenters. The summed E-state index contributed by atoms with van der Waals surface area (Å²) in [6.07, 6.45) is 3.21. The lowest BCUT2D eigenvalue weighted by Crippen LogP contribution is -2.49. The highest BCUT2D eigenvalue weighted by Crippen LogP contribution is 2.27. The smallest absolute Gasteiger partial charge is 0.387 e. The molecule has 150 valence electrons. The molecule has 1 amide bonds. The molecule has 1 aliphatic heterocycles. The highest BCUT2D eigenvalue weighted by atomic mass is 19.3.